The van der Waals surface area contributed by atoms with Crippen LogP contribution < -0.4 is 5.73 Å². The minimum atomic E-state index is 0.0203. The molecule has 0 spiro atoms. The highest BCUT2D eigenvalue weighted by atomic mass is 32.2. The molecule has 0 amide bonds. The molecule has 2 nitrogen and oxygen atoms in total. The van der Waals surface area contributed by atoms with Crippen molar-refractivity contribution in [1.29, 1.82) is 0 Å². The van der Waals surface area contributed by atoms with Crippen LogP contribution in [0.1, 0.15) is 20.8 Å². The Balaban J connectivity index is 2.37. The van der Waals surface area contributed by atoms with Crippen LogP contribution in [0.15, 0.2) is 4.99 Å². The van der Waals surface area contributed by atoms with Crippen LogP contribution in [-0.4, -0.2) is 34.9 Å². The highest BCUT2D eigenvalue weighted by Crippen LogP contribution is 2.24. The van der Waals surface area contributed by atoms with E-state index in [2.05, 4.69) is 25.8 Å². The number of amidine groups is 1. The van der Waals surface area contributed by atoms with Crippen LogP contribution in [-0.2, 0) is 0 Å². The van der Waals surface area contributed by atoms with E-state index in [9.17, 15) is 0 Å². The van der Waals surface area contributed by atoms with E-state index >= 15 is 0 Å². The zero-order chi connectivity index (χ0) is 10.6. The lowest BCUT2D eigenvalue weighted by molar-refractivity contribution is 0.581. The lowest BCUT2D eigenvalue weighted by Gasteiger charge is -2.21. The molecule has 0 aromatic heterocycles. The Morgan fingerprint density at radius 3 is 2.64 bits per heavy atom. The third-order valence-corrected chi connectivity index (χ3v) is 4.95. The van der Waals surface area contributed by atoms with Crippen LogP contribution in [0.25, 0.3) is 0 Å². The summed E-state index contributed by atoms with van der Waals surface area (Å²) in [7, 11) is 0. The minimum absolute atomic E-state index is 0.0203. The molecular weight excluding hydrogens is 212 g/mol. The van der Waals surface area contributed by atoms with Gasteiger partial charge in [0.25, 0.3) is 0 Å². The normalized spacial score (nSPS) is 25.1. The van der Waals surface area contributed by atoms with Gasteiger partial charge in [0.1, 0.15) is 0 Å². The highest BCUT2D eigenvalue weighted by molar-refractivity contribution is 8.06. The first-order valence-electron chi connectivity index (χ1n) is 5.00. The lowest BCUT2D eigenvalue weighted by Crippen LogP contribution is -2.30. The molecule has 14 heavy (non-hydrogen) atoms. The number of hydrogen-bond acceptors (Lipinski definition) is 3. The van der Waals surface area contributed by atoms with Crippen molar-refractivity contribution < 1.29 is 0 Å². The van der Waals surface area contributed by atoms with E-state index in [-0.39, 0.29) is 5.41 Å². The van der Waals surface area contributed by atoms with E-state index in [1.54, 1.807) is 0 Å². The maximum atomic E-state index is 5.90. The zero-order valence-corrected chi connectivity index (χ0v) is 10.9. The Morgan fingerprint density at radius 1 is 1.43 bits per heavy atom. The first-order chi connectivity index (χ1) is 6.50. The number of aliphatic imine (C=N–C) groups is 1. The number of nitrogens with zero attached hydrogens (tertiary/aromatic N) is 1. The third kappa shape index (κ3) is 4.13. The summed E-state index contributed by atoms with van der Waals surface area (Å²) < 4.78 is 0. The molecule has 1 fully saturated rings. The summed E-state index contributed by atoms with van der Waals surface area (Å²) in [5.74, 6) is 4.57. The van der Waals surface area contributed by atoms with Gasteiger partial charge in [0.15, 0.2) is 0 Å². The molecule has 0 aliphatic carbocycles. The van der Waals surface area contributed by atoms with E-state index in [1.165, 1.54) is 17.3 Å². The molecule has 0 radical (unpaired) electrons. The zero-order valence-electron chi connectivity index (χ0n) is 9.25. The van der Waals surface area contributed by atoms with Gasteiger partial charge in [-0.2, -0.15) is 23.5 Å². The van der Waals surface area contributed by atoms with Crippen LogP contribution in [0, 0.1) is 5.41 Å². The topological polar surface area (TPSA) is 38.4 Å². The van der Waals surface area contributed by atoms with Crippen LogP contribution in [0.2, 0.25) is 0 Å². The molecule has 1 atom stereocenters. The SMILES string of the molecule is CC(C)(C)C(N)=NCC1CSCCS1. The summed E-state index contributed by atoms with van der Waals surface area (Å²) in [6.07, 6.45) is 0. The van der Waals surface area contributed by atoms with Gasteiger partial charge in [-0.25, -0.2) is 0 Å². The number of rotatable bonds is 2. The summed E-state index contributed by atoms with van der Waals surface area (Å²) in [5.41, 5.74) is 5.92. The Labute approximate surface area is 95.5 Å². The molecule has 2 N–H and O–H groups in total. The molecule has 1 aliphatic heterocycles. The standard InChI is InChI=1S/C10H20N2S2/c1-10(2,3)9(11)12-6-8-7-13-4-5-14-8/h8H,4-7H2,1-3H3,(H2,11,12). The molecule has 1 unspecified atom stereocenters. The first kappa shape index (κ1) is 12.2. The van der Waals surface area contributed by atoms with Gasteiger partial charge in [-0.15, -0.1) is 0 Å². The largest absolute Gasteiger partial charge is 0.387 e. The Kier molecular flexibility index (Phi) is 4.64. The maximum Gasteiger partial charge on any atom is 0.0991 e. The Morgan fingerprint density at radius 2 is 2.14 bits per heavy atom. The molecule has 0 bridgehead atoms. The lowest BCUT2D eigenvalue weighted by atomic mass is 9.95. The van der Waals surface area contributed by atoms with Gasteiger partial charge >= 0.3 is 0 Å². The molecule has 1 saturated heterocycles. The summed E-state index contributed by atoms with van der Waals surface area (Å²) in [4.78, 5) is 4.48. The average molecular weight is 232 g/mol. The van der Waals surface area contributed by atoms with Crippen molar-refractivity contribution in [1.82, 2.24) is 0 Å². The van der Waals surface area contributed by atoms with E-state index in [4.69, 9.17) is 5.73 Å². The van der Waals surface area contributed by atoms with Crippen LogP contribution in [0.5, 0.6) is 0 Å². The van der Waals surface area contributed by atoms with E-state index in [0.717, 1.165) is 12.4 Å². The second-order valence-corrected chi connectivity index (χ2v) is 7.10. The van der Waals surface area contributed by atoms with Gasteiger partial charge in [0.05, 0.1) is 12.4 Å². The van der Waals surface area contributed by atoms with Crippen LogP contribution in [0.3, 0.4) is 0 Å². The van der Waals surface area contributed by atoms with Crippen molar-refractivity contribution >= 4 is 29.4 Å². The number of nitrogens with two attached hydrogens (primary N) is 1. The fourth-order valence-corrected chi connectivity index (χ4v) is 3.66. The third-order valence-electron chi connectivity index (χ3n) is 2.12. The van der Waals surface area contributed by atoms with Crippen molar-refractivity contribution in [3.8, 4) is 0 Å². The van der Waals surface area contributed by atoms with Crippen molar-refractivity contribution in [3.63, 3.8) is 0 Å². The summed E-state index contributed by atoms with van der Waals surface area (Å²) >= 11 is 4.06. The first-order valence-corrected chi connectivity index (χ1v) is 7.20. The van der Waals surface area contributed by atoms with Crippen LogP contribution in [0.4, 0.5) is 0 Å². The quantitative estimate of drug-likeness (QED) is 0.586. The Hall–Kier alpha value is 0.170. The monoisotopic (exact) mass is 232 g/mol. The average Bonchev–Trinajstić information content (AvgIpc) is 2.14. The molecule has 0 saturated carbocycles. The molecule has 82 valence electrons. The molecule has 1 rings (SSSR count). The van der Waals surface area contributed by atoms with Crippen molar-refractivity contribution in [2.24, 2.45) is 16.1 Å². The molecular formula is C10H20N2S2. The molecule has 0 aromatic carbocycles. The fraction of sp³-hybridized carbons (Fsp3) is 0.900. The van der Waals surface area contributed by atoms with E-state index < -0.39 is 0 Å². The van der Waals surface area contributed by atoms with Gasteiger partial charge in [-0.1, -0.05) is 20.8 Å². The second-order valence-electron chi connectivity index (χ2n) is 4.54. The van der Waals surface area contributed by atoms with Gasteiger partial charge in [-0.05, 0) is 0 Å². The van der Waals surface area contributed by atoms with Gasteiger partial charge in [-0.3, -0.25) is 4.99 Å². The van der Waals surface area contributed by atoms with E-state index in [1.807, 2.05) is 23.5 Å². The smallest absolute Gasteiger partial charge is 0.0991 e. The second kappa shape index (κ2) is 5.31. The molecule has 1 aliphatic rings. The fourth-order valence-electron chi connectivity index (χ4n) is 1.08. The Bertz CT molecular complexity index is 203. The van der Waals surface area contributed by atoms with Gasteiger partial charge in [0, 0.05) is 27.9 Å². The summed E-state index contributed by atoms with van der Waals surface area (Å²) in [5, 5.41) is 0.676. The summed E-state index contributed by atoms with van der Waals surface area (Å²) in [6.45, 7) is 7.21. The molecule has 0 aromatic rings. The summed E-state index contributed by atoms with van der Waals surface area (Å²) in [6, 6.07) is 0. The number of hydrogen-bond donors (Lipinski definition) is 1. The molecule has 4 heteroatoms. The minimum Gasteiger partial charge on any atom is -0.387 e. The van der Waals surface area contributed by atoms with Crippen molar-refractivity contribution in [3.05, 3.63) is 0 Å². The van der Waals surface area contributed by atoms with Gasteiger partial charge < -0.3 is 5.73 Å². The molecule has 1 heterocycles. The number of thioether (sulfide) groups is 2. The van der Waals surface area contributed by atoms with Gasteiger partial charge in [0.2, 0.25) is 0 Å². The predicted octanol–water partition coefficient (Wildman–Crippen LogP) is 2.24. The van der Waals surface area contributed by atoms with Crippen molar-refractivity contribution in [2.75, 3.05) is 23.8 Å². The predicted molar refractivity (Wildman–Crippen MR) is 69.5 cm³/mol. The van der Waals surface area contributed by atoms with Crippen molar-refractivity contribution in [2.45, 2.75) is 26.0 Å². The van der Waals surface area contributed by atoms with E-state index in [0.29, 0.717) is 5.25 Å². The van der Waals surface area contributed by atoms with Crippen LogP contribution >= 0.6 is 23.5 Å². The highest BCUT2D eigenvalue weighted by Gasteiger charge is 2.17. The maximum absolute atomic E-state index is 5.90.